The largest absolute Gasteiger partial charge is 0.383 e. The average molecular weight is 329 g/mol. The van der Waals surface area contributed by atoms with Crippen molar-refractivity contribution < 1.29 is 4.79 Å². The molecule has 1 amide bonds. The van der Waals surface area contributed by atoms with Crippen LogP contribution in [0.1, 0.15) is 27.1 Å². The summed E-state index contributed by atoms with van der Waals surface area (Å²) >= 11 is 1.38. The summed E-state index contributed by atoms with van der Waals surface area (Å²) in [5.74, 6) is 1.06. The second-order valence-electron chi connectivity index (χ2n) is 5.64. The summed E-state index contributed by atoms with van der Waals surface area (Å²) in [4.78, 5) is 24.6. The Labute approximate surface area is 135 Å². The first-order valence-electron chi connectivity index (χ1n) is 7.23. The second kappa shape index (κ2) is 4.98. The molecule has 1 aliphatic heterocycles. The van der Waals surface area contributed by atoms with Crippen molar-refractivity contribution in [2.45, 2.75) is 19.9 Å². The van der Waals surface area contributed by atoms with Crippen molar-refractivity contribution in [3.8, 4) is 0 Å². The molecule has 0 aromatic carbocycles. The normalized spacial score (nSPS) is 15.1. The van der Waals surface area contributed by atoms with Crippen LogP contribution >= 0.6 is 11.3 Å². The third-order valence-corrected chi connectivity index (χ3v) is 5.26. The highest BCUT2D eigenvalue weighted by Crippen LogP contribution is 2.34. The summed E-state index contributed by atoms with van der Waals surface area (Å²) in [5, 5.41) is 8.56. The van der Waals surface area contributed by atoms with E-state index in [1.54, 1.807) is 22.7 Å². The maximum absolute atomic E-state index is 12.7. The number of nitrogens with two attached hydrogens (primary N) is 1. The monoisotopic (exact) mass is 329 g/mol. The number of rotatable bonds is 2. The van der Waals surface area contributed by atoms with E-state index in [9.17, 15) is 4.79 Å². The van der Waals surface area contributed by atoms with Crippen LogP contribution < -0.4 is 5.73 Å². The van der Waals surface area contributed by atoms with Gasteiger partial charge in [-0.2, -0.15) is 0 Å². The molecule has 0 spiro atoms. The molecule has 1 fully saturated rings. The highest BCUT2D eigenvalue weighted by atomic mass is 32.1. The van der Waals surface area contributed by atoms with Gasteiger partial charge in [0.1, 0.15) is 16.5 Å². The van der Waals surface area contributed by atoms with Crippen LogP contribution in [0.5, 0.6) is 0 Å². The predicted octanol–water partition coefficient (Wildman–Crippen LogP) is 1.18. The van der Waals surface area contributed by atoms with Gasteiger partial charge in [-0.05, 0) is 19.4 Å². The number of anilines is 1. The Morgan fingerprint density at radius 1 is 1.35 bits per heavy atom. The van der Waals surface area contributed by atoms with Crippen molar-refractivity contribution in [2.24, 2.45) is 0 Å². The Morgan fingerprint density at radius 2 is 2.13 bits per heavy atom. The fourth-order valence-corrected chi connectivity index (χ4v) is 4.03. The molecule has 0 aliphatic carbocycles. The Morgan fingerprint density at radius 3 is 2.83 bits per heavy atom. The standard InChI is InChI=1S/C14H15N7OS/c1-7-10-12(15)17-8(2)18-13(10)23-11(7)14(22)20-5-9(6-20)21-4-3-16-19-21/h3-4,9H,5-6H2,1-2H3,(H2,15,17,18). The number of hydrogen-bond donors (Lipinski definition) is 1. The zero-order valence-electron chi connectivity index (χ0n) is 12.7. The summed E-state index contributed by atoms with van der Waals surface area (Å²) in [6.45, 7) is 4.96. The molecular formula is C14H15N7OS. The van der Waals surface area contributed by atoms with E-state index in [0.29, 0.717) is 29.6 Å². The number of carbonyl (C=O) groups excluding carboxylic acids is 1. The van der Waals surface area contributed by atoms with Gasteiger partial charge in [0.25, 0.3) is 5.91 Å². The van der Waals surface area contributed by atoms with Crippen LogP contribution in [-0.4, -0.2) is 48.9 Å². The maximum atomic E-state index is 12.7. The molecule has 0 bridgehead atoms. The number of fused-ring (bicyclic) bond motifs is 1. The number of aryl methyl sites for hydroxylation is 2. The summed E-state index contributed by atoms with van der Waals surface area (Å²) in [6.07, 6.45) is 3.46. The highest BCUT2D eigenvalue weighted by molar-refractivity contribution is 7.20. The summed E-state index contributed by atoms with van der Waals surface area (Å²) in [6, 6.07) is 0.197. The topological polar surface area (TPSA) is 103 Å². The van der Waals surface area contributed by atoms with Gasteiger partial charge in [0.2, 0.25) is 0 Å². The van der Waals surface area contributed by atoms with E-state index in [-0.39, 0.29) is 11.9 Å². The number of thiophene rings is 1. The van der Waals surface area contributed by atoms with Crippen LogP contribution in [0.3, 0.4) is 0 Å². The predicted molar refractivity (Wildman–Crippen MR) is 86.3 cm³/mol. The molecule has 8 nitrogen and oxygen atoms in total. The lowest BCUT2D eigenvalue weighted by atomic mass is 10.1. The van der Waals surface area contributed by atoms with Crippen molar-refractivity contribution in [3.05, 3.63) is 28.7 Å². The molecule has 1 aliphatic rings. The van der Waals surface area contributed by atoms with Gasteiger partial charge in [-0.15, -0.1) is 16.4 Å². The van der Waals surface area contributed by atoms with E-state index >= 15 is 0 Å². The fraction of sp³-hybridized carbons (Fsp3) is 0.357. The molecule has 23 heavy (non-hydrogen) atoms. The van der Waals surface area contributed by atoms with E-state index in [4.69, 9.17) is 5.73 Å². The number of likely N-dealkylation sites (tertiary alicyclic amines) is 1. The van der Waals surface area contributed by atoms with Gasteiger partial charge >= 0.3 is 0 Å². The molecule has 9 heteroatoms. The molecule has 0 atom stereocenters. The second-order valence-corrected chi connectivity index (χ2v) is 6.64. The van der Waals surface area contributed by atoms with E-state index in [1.807, 2.05) is 13.1 Å². The maximum Gasteiger partial charge on any atom is 0.264 e. The van der Waals surface area contributed by atoms with Gasteiger partial charge in [0, 0.05) is 19.3 Å². The van der Waals surface area contributed by atoms with Gasteiger partial charge < -0.3 is 10.6 Å². The zero-order chi connectivity index (χ0) is 16.1. The van der Waals surface area contributed by atoms with Gasteiger partial charge in [-0.1, -0.05) is 5.21 Å². The Kier molecular flexibility index (Phi) is 3.05. The van der Waals surface area contributed by atoms with Crippen LogP contribution in [0.15, 0.2) is 12.4 Å². The van der Waals surface area contributed by atoms with Crippen molar-refractivity contribution in [2.75, 3.05) is 18.8 Å². The number of hydrogen-bond acceptors (Lipinski definition) is 7. The summed E-state index contributed by atoms with van der Waals surface area (Å²) in [5.41, 5.74) is 6.85. The Balaban J connectivity index is 1.61. The molecule has 0 unspecified atom stereocenters. The van der Waals surface area contributed by atoms with Crippen LogP contribution in [0.2, 0.25) is 0 Å². The van der Waals surface area contributed by atoms with Crippen molar-refractivity contribution in [1.29, 1.82) is 0 Å². The minimum Gasteiger partial charge on any atom is -0.383 e. The van der Waals surface area contributed by atoms with E-state index in [2.05, 4.69) is 20.3 Å². The lowest BCUT2D eigenvalue weighted by Gasteiger charge is -2.38. The van der Waals surface area contributed by atoms with Crippen LogP contribution in [-0.2, 0) is 0 Å². The molecule has 0 radical (unpaired) electrons. The molecule has 2 N–H and O–H groups in total. The number of aromatic nitrogens is 5. The minimum atomic E-state index is 0.0129. The highest BCUT2D eigenvalue weighted by Gasteiger charge is 2.34. The summed E-state index contributed by atoms with van der Waals surface area (Å²) in [7, 11) is 0. The van der Waals surface area contributed by atoms with Crippen molar-refractivity contribution in [3.63, 3.8) is 0 Å². The minimum absolute atomic E-state index is 0.0129. The van der Waals surface area contributed by atoms with E-state index in [1.165, 1.54) is 11.3 Å². The summed E-state index contributed by atoms with van der Waals surface area (Å²) < 4.78 is 1.79. The molecule has 3 aromatic rings. The van der Waals surface area contributed by atoms with E-state index < -0.39 is 0 Å². The third-order valence-electron chi connectivity index (χ3n) is 4.09. The molecule has 4 heterocycles. The van der Waals surface area contributed by atoms with Crippen LogP contribution in [0.25, 0.3) is 10.2 Å². The van der Waals surface area contributed by atoms with Gasteiger partial charge in [0.15, 0.2) is 0 Å². The molecule has 1 saturated heterocycles. The first kappa shape index (κ1) is 14.1. The van der Waals surface area contributed by atoms with Crippen molar-refractivity contribution >= 4 is 33.3 Å². The molecule has 0 saturated carbocycles. The molecule has 4 rings (SSSR count). The van der Waals surface area contributed by atoms with Crippen LogP contribution in [0.4, 0.5) is 5.82 Å². The number of carbonyl (C=O) groups is 1. The molecular weight excluding hydrogens is 314 g/mol. The fourth-order valence-electron chi connectivity index (χ4n) is 2.83. The Bertz CT molecular complexity index is 896. The Hall–Kier alpha value is -2.55. The molecule has 3 aromatic heterocycles. The zero-order valence-corrected chi connectivity index (χ0v) is 13.5. The first-order chi connectivity index (χ1) is 11.0. The lowest BCUT2D eigenvalue weighted by molar-refractivity contribution is 0.0503. The number of nitrogen functional groups attached to an aromatic ring is 1. The lowest BCUT2D eigenvalue weighted by Crippen LogP contribution is -2.50. The first-order valence-corrected chi connectivity index (χ1v) is 8.04. The molecule has 118 valence electrons. The third kappa shape index (κ3) is 2.15. The smallest absolute Gasteiger partial charge is 0.264 e. The van der Waals surface area contributed by atoms with E-state index in [0.717, 1.165) is 15.8 Å². The van der Waals surface area contributed by atoms with Crippen LogP contribution in [0, 0.1) is 13.8 Å². The van der Waals surface area contributed by atoms with Gasteiger partial charge in [-0.3, -0.25) is 4.79 Å². The number of nitrogens with zero attached hydrogens (tertiary/aromatic N) is 6. The van der Waals surface area contributed by atoms with Gasteiger partial charge in [0.05, 0.1) is 22.5 Å². The van der Waals surface area contributed by atoms with Crippen molar-refractivity contribution in [1.82, 2.24) is 29.9 Å². The quantitative estimate of drug-likeness (QED) is 0.757. The van der Waals surface area contributed by atoms with Gasteiger partial charge in [-0.25, -0.2) is 14.6 Å². The average Bonchev–Trinajstić information content (AvgIpc) is 3.05. The number of amides is 1. The SMILES string of the molecule is Cc1nc(N)c2c(C)c(C(=O)N3CC(n4ccnn4)C3)sc2n1.